The van der Waals surface area contributed by atoms with E-state index in [-0.39, 0.29) is 0 Å². The van der Waals surface area contributed by atoms with Gasteiger partial charge in [0.05, 0.1) is 0 Å². The van der Waals surface area contributed by atoms with E-state index in [2.05, 4.69) is 44.9 Å². The second-order valence-corrected chi connectivity index (χ2v) is 11.0. The fourth-order valence-electron chi connectivity index (χ4n) is 4.82. The molecular formula is C27H35N3O2S. The molecule has 0 atom stereocenters. The quantitative estimate of drug-likeness (QED) is 0.603. The Balaban J connectivity index is 1.29. The number of hydrogen-bond acceptors (Lipinski definition) is 4. The number of aliphatic imine (C=N–C) groups is 1. The molecule has 0 spiro atoms. The summed E-state index contributed by atoms with van der Waals surface area (Å²) in [5, 5.41) is 0. The van der Waals surface area contributed by atoms with Gasteiger partial charge in [-0.25, -0.2) is 8.42 Å². The standard InChI is InChI=1S/C27H35N3O2S/c1-20-10-11-25(18-21(20)2)26-22(3)27(29-33(26,31)32)28-14-7-15-30-16-12-24(13-17-30)19-23-8-5-4-6-9-23/h4-6,8-11,18,24H,7,12-17,19H2,1-3H3,(H,28,29). The first-order valence-electron chi connectivity index (χ1n) is 12.0. The van der Waals surface area contributed by atoms with E-state index in [1.807, 2.05) is 39.0 Å². The zero-order valence-electron chi connectivity index (χ0n) is 20.0. The number of likely N-dealkylation sites (tertiary alicyclic amines) is 1. The molecule has 5 nitrogen and oxygen atoms in total. The van der Waals surface area contributed by atoms with Crippen molar-refractivity contribution in [2.75, 3.05) is 26.2 Å². The second kappa shape index (κ2) is 10.2. The molecule has 0 aliphatic carbocycles. The molecule has 2 aliphatic heterocycles. The molecule has 2 heterocycles. The lowest BCUT2D eigenvalue weighted by Gasteiger charge is -2.31. The third-order valence-electron chi connectivity index (χ3n) is 6.94. The van der Waals surface area contributed by atoms with Crippen LogP contribution in [-0.4, -0.2) is 45.3 Å². The van der Waals surface area contributed by atoms with Gasteiger partial charge in [0, 0.05) is 12.1 Å². The van der Waals surface area contributed by atoms with Crippen molar-refractivity contribution in [2.24, 2.45) is 10.9 Å². The molecule has 0 unspecified atom stereocenters. The summed E-state index contributed by atoms with van der Waals surface area (Å²) in [6, 6.07) is 16.6. The van der Waals surface area contributed by atoms with Crippen molar-refractivity contribution >= 4 is 20.8 Å². The average Bonchev–Trinajstić information content (AvgIpc) is 3.03. The maximum Gasteiger partial charge on any atom is 0.264 e. The molecule has 0 amide bonds. The molecule has 0 saturated carbocycles. The monoisotopic (exact) mass is 465 g/mol. The molecular weight excluding hydrogens is 430 g/mol. The van der Waals surface area contributed by atoms with Gasteiger partial charge in [0.2, 0.25) is 0 Å². The van der Waals surface area contributed by atoms with Crippen LogP contribution in [0.5, 0.6) is 0 Å². The fourth-order valence-corrected chi connectivity index (χ4v) is 6.33. The average molecular weight is 466 g/mol. The third-order valence-corrected chi connectivity index (χ3v) is 8.48. The van der Waals surface area contributed by atoms with Crippen molar-refractivity contribution in [3.8, 4) is 0 Å². The van der Waals surface area contributed by atoms with E-state index >= 15 is 0 Å². The van der Waals surface area contributed by atoms with Crippen LogP contribution in [0.3, 0.4) is 0 Å². The van der Waals surface area contributed by atoms with Crippen molar-refractivity contribution < 1.29 is 8.42 Å². The van der Waals surface area contributed by atoms with Gasteiger partial charge in [-0.2, -0.15) is 0 Å². The number of benzene rings is 2. The lowest BCUT2D eigenvalue weighted by atomic mass is 9.90. The highest BCUT2D eigenvalue weighted by molar-refractivity contribution is 8.00. The summed E-state index contributed by atoms with van der Waals surface area (Å²) < 4.78 is 28.2. The number of amidine groups is 1. The number of nitrogens with one attached hydrogen (secondary N) is 1. The smallest absolute Gasteiger partial charge is 0.264 e. The van der Waals surface area contributed by atoms with Gasteiger partial charge in [-0.15, -0.1) is 0 Å². The fraction of sp³-hybridized carbons (Fsp3) is 0.444. The van der Waals surface area contributed by atoms with Gasteiger partial charge in [0.25, 0.3) is 10.0 Å². The Kier molecular flexibility index (Phi) is 7.35. The molecule has 2 aromatic carbocycles. The van der Waals surface area contributed by atoms with Crippen LogP contribution in [0.4, 0.5) is 0 Å². The molecule has 176 valence electrons. The first-order chi connectivity index (χ1) is 15.8. The summed E-state index contributed by atoms with van der Waals surface area (Å²) in [6.45, 7) is 9.78. The molecule has 0 bridgehead atoms. The molecule has 33 heavy (non-hydrogen) atoms. The van der Waals surface area contributed by atoms with Crippen LogP contribution < -0.4 is 4.72 Å². The van der Waals surface area contributed by atoms with Crippen molar-refractivity contribution in [3.63, 3.8) is 0 Å². The van der Waals surface area contributed by atoms with Crippen LogP contribution in [0, 0.1) is 19.8 Å². The summed E-state index contributed by atoms with van der Waals surface area (Å²) in [5.41, 5.74) is 5.11. The topological polar surface area (TPSA) is 61.8 Å². The number of piperidine rings is 1. The Morgan fingerprint density at radius 1 is 1.00 bits per heavy atom. The first kappa shape index (κ1) is 23.7. The molecule has 1 saturated heterocycles. The summed E-state index contributed by atoms with van der Waals surface area (Å²) in [6.07, 6.45) is 4.59. The summed E-state index contributed by atoms with van der Waals surface area (Å²) in [7, 11) is -3.57. The largest absolute Gasteiger partial charge is 0.303 e. The van der Waals surface area contributed by atoms with Gasteiger partial charge in [-0.05, 0) is 94.3 Å². The molecule has 1 N–H and O–H groups in total. The SMILES string of the molecule is CC1=C(c2ccc(C)c(C)c2)S(=O)(=O)NC1=NCCCN1CCC(Cc2ccccc2)CC1. The molecule has 2 aliphatic rings. The number of hydrogen-bond donors (Lipinski definition) is 1. The van der Waals surface area contributed by atoms with Crippen LogP contribution >= 0.6 is 0 Å². The molecule has 1 fully saturated rings. The molecule has 0 radical (unpaired) electrons. The number of rotatable bonds is 7. The minimum Gasteiger partial charge on any atom is -0.303 e. The maximum atomic E-state index is 12.8. The maximum absolute atomic E-state index is 12.8. The van der Waals surface area contributed by atoms with Gasteiger partial charge in [-0.3, -0.25) is 9.71 Å². The predicted octanol–water partition coefficient (Wildman–Crippen LogP) is 4.71. The van der Waals surface area contributed by atoms with Crippen LogP contribution in [0.25, 0.3) is 4.91 Å². The Morgan fingerprint density at radius 2 is 1.73 bits per heavy atom. The molecule has 6 heteroatoms. The Hall–Kier alpha value is -2.44. The van der Waals surface area contributed by atoms with E-state index in [0.29, 0.717) is 22.9 Å². The number of sulfonamides is 1. The highest BCUT2D eigenvalue weighted by Gasteiger charge is 2.32. The zero-order valence-corrected chi connectivity index (χ0v) is 20.8. The third kappa shape index (κ3) is 5.74. The minimum atomic E-state index is -3.57. The summed E-state index contributed by atoms with van der Waals surface area (Å²) >= 11 is 0. The Labute approximate surface area is 198 Å². The van der Waals surface area contributed by atoms with Crippen molar-refractivity contribution in [1.29, 1.82) is 0 Å². The van der Waals surface area contributed by atoms with E-state index in [1.165, 1.54) is 24.8 Å². The molecule has 0 aromatic heterocycles. The van der Waals surface area contributed by atoms with E-state index in [4.69, 9.17) is 0 Å². The lowest BCUT2D eigenvalue weighted by Crippen LogP contribution is -2.35. The zero-order chi connectivity index (χ0) is 23.4. The normalized spacial score (nSPS) is 20.4. The molecule has 2 aromatic rings. The Bertz CT molecular complexity index is 1150. The van der Waals surface area contributed by atoms with Gasteiger partial charge in [-0.1, -0.05) is 48.5 Å². The van der Waals surface area contributed by atoms with Crippen molar-refractivity contribution in [1.82, 2.24) is 9.62 Å². The number of aryl methyl sites for hydroxylation is 2. The summed E-state index contributed by atoms with van der Waals surface area (Å²) in [4.78, 5) is 7.48. The van der Waals surface area contributed by atoms with Crippen LogP contribution in [0.1, 0.15) is 48.4 Å². The van der Waals surface area contributed by atoms with Crippen LogP contribution in [-0.2, 0) is 16.4 Å². The van der Waals surface area contributed by atoms with Crippen molar-refractivity contribution in [2.45, 2.75) is 46.5 Å². The van der Waals surface area contributed by atoms with Crippen LogP contribution in [0.15, 0.2) is 59.1 Å². The van der Waals surface area contributed by atoms with E-state index in [0.717, 1.165) is 48.7 Å². The first-order valence-corrected chi connectivity index (χ1v) is 13.4. The van der Waals surface area contributed by atoms with Gasteiger partial charge >= 0.3 is 0 Å². The van der Waals surface area contributed by atoms with Crippen LogP contribution in [0.2, 0.25) is 0 Å². The van der Waals surface area contributed by atoms with Crippen molar-refractivity contribution in [3.05, 3.63) is 76.4 Å². The summed E-state index contributed by atoms with van der Waals surface area (Å²) in [5.74, 6) is 1.26. The number of nitrogens with zero attached hydrogens (tertiary/aromatic N) is 2. The van der Waals surface area contributed by atoms with Gasteiger partial charge in [0.1, 0.15) is 10.7 Å². The highest BCUT2D eigenvalue weighted by atomic mass is 32.2. The second-order valence-electron chi connectivity index (χ2n) is 9.42. The molecule has 4 rings (SSSR count). The van der Waals surface area contributed by atoms with E-state index in [9.17, 15) is 8.42 Å². The Morgan fingerprint density at radius 3 is 2.42 bits per heavy atom. The minimum absolute atomic E-state index is 0.352. The van der Waals surface area contributed by atoms with Gasteiger partial charge < -0.3 is 4.90 Å². The lowest BCUT2D eigenvalue weighted by molar-refractivity contribution is 0.183. The predicted molar refractivity (Wildman–Crippen MR) is 137 cm³/mol. The van der Waals surface area contributed by atoms with Gasteiger partial charge in [0.15, 0.2) is 0 Å². The van der Waals surface area contributed by atoms with E-state index in [1.54, 1.807) is 0 Å². The van der Waals surface area contributed by atoms with E-state index < -0.39 is 10.0 Å². The highest BCUT2D eigenvalue weighted by Crippen LogP contribution is 2.31.